The summed E-state index contributed by atoms with van der Waals surface area (Å²) in [5, 5.41) is 3.53. The molecule has 1 aromatic rings. The van der Waals surface area contributed by atoms with Crippen molar-refractivity contribution in [2.24, 2.45) is 0 Å². The Morgan fingerprint density at radius 2 is 2.00 bits per heavy atom. The van der Waals surface area contributed by atoms with E-state index in [9.17, 15) is 0 Å². The summed E-state index contributed by atoms with van der Waals surface area (Å²) >= 11 is 0. The highest BCUT2D eigenvalue weighted by molar-refractivity contribution is 5.56. The number of likely N-dealkylation sites (N-methyl/N-ethyl adjacent to an activating group) is 1. The maximum Gasteiger partial charge on any atom is 0.163 e. The van der Waals surface area contributed by atoms with E-state index in [4.69, 9.17) is 9.47 Å². The molecule has 0 atom stereocenters. The van der Waals surface area contributed by atoms with Crippen LogP contribution in [0.5, 0.6) is 11.5 Å². The van der Waals surface area contributed by atoms with Gasteiger partial charge in [-0.1, -0.05) is 0 Å². The lowest BCUT2D eigenvalue weighted by Crippen LogP contribution is -2.30. The van der Waals surface area contributed by atoms with Gasteiger partial charge in [-0.3, -0.25) is 0 Å². The Balaban J connectivity index is 1.61. The second-order valence-corrected chi connectivity index (χ2v) is 5.33. The van der Waals surface area contributed by atoms with Crippen molar-refractivity contribution in [3.63, 3.8) is 0 Å². The van der Waals surface area contributed by atoms with Crippen LogP contribution in [0, 0.1) is 0 Å². The molecule has 0 spiro atoms. The lowest BCUT2D eigenvalue weighted by molar-refractivity contribution is 0.297. The number of fused-ring (bicyclic) bond motifs is 1. The summed E-state index contributed by atoms with van der Waals surface area (Å²) in [7, 11) is 2.12. The van der Waals surface area contributed by atoms with E-state index in [0.717, 1.165) is 50.3 Å². The van der Waals surface area contributed by atoms with Crippen molar-refractivity contribution < 1.29 is 9.47 Å². The minimum Gasteiger partial charge on any atom is -0.490 e. The van der Waals surface area contributed by atoms with Crippen LogP contribution in [0.25, 0.3) is 0 Å². The largest absolute Gasteiger partial charge is 0.490 e. The SMILES string of the molecule is CN(CCNC1CC1)c1ccc2c(c1)OCCCO2. The van der Waals surface area contributed by atoms with Gasteiger partial charge in [0.1, 0.15) is 0 Å². The molecule has 1 aromatic carbocycles. The van der Waals surface area contributed by atoms with Gasteiger partial charge in [-0.25, -0.2) is 0 Å². The Labute approximate surface area is 114 Å². The molecule has 0 aromatic heterocycles. The second-order valence-electron chi connectivity index (χ2n) is 5.33. The molecule has 1 heterocycles. The molecular weight excluding hydrogens is 240 g/mol. The lowest BCUT2D eigenvalue weighted by Gasteiger charge is -2.20. The number of benzene rings is 1. The molecule has 0 unspecified atom stereocenters. The van der Waals surface area contributed by atoms with E-state index < -0.39 is 0 Å². The Morgan fingerprint density at radius 3 is 2.79 bits per heavy atom. The molecule has 0 bridgehead atoms. The predicted octanol–water partition coefficient (Wildman–Crippen LogP) is 2.04. The van der Waals surface area contributed by atoms with E-state index in [2.05, 4.69) is 29.4 Å². The van der Waals surface area contributed by atoms with Crippen molar-refractivity contribution in [3.8, 4) is 11.5 Å². The van der Waals surface area contributed by atoms with Gasteiger partial charge in [-0.2, -0.15) is 0 Å². The van der Waals surface area contributed by atoms with E-state index in [1.807, 2.05) is 6.07 Å². The standard InChI is InChI=1S/C15H22N2O2/c1-17(8-7-16-12-3-4-12)13-5-6-14-15(11-13)19-10-2-9-18-14/h5-6,11-12,16H,2-4,7-10H2,1H3. The summed E-state index contributed by atoms with van der Waals surface area (Å²) < 4.78 is 11.4. The normalized spacial score (nSPS) is 17.9. The van der Waals surface area contributed by atoms with Crippen LogP contribution in [-0.2, 0) is 0 Å². The van der Waals surface area contributed by atoms with E-state index in [1.165, 1.54) is 18.5 Å². The number of hydrogen-bond acceptors (Lipinski definition) is 4. The maximum absolute atomic E-state index is 5.72. The smallest absolute Gasteiger partial charge is 0.163 e. The van der Waals surface area contributed by atoms with Gasteiger partial charge in [0.15, 0.2) is 11.5 Å². The molecule has 19 heavy (non-hydrogen) atoms. The number of hydrogen-bond donors (Lipinski definition) is 1. The molecule has 104 valence electrons. The summed E-state index contributed by atoms with van der Waals surface area (Å²) in [4.78, 5) is 2.25. The zero-order valence-corrected chi connectivity index (χ0v) is 11.5. The summed E-state index contributed by atoms with van der Waals surface area (Å²) in [6, 6.07) is 6.97. The van der Waals surface area contributed by atoms with Crippen LogP contribution in [0.2, 0.25) is 0 Å². The molecule has 1 aliphatic heterocycles. The molecular formula is C15H22N2O2. The van der Waals surface area contributed by atoms with E-state index >= 15 is 0 Å². The zero-order valence-electron chi connectivity index (χ0n) is 11.5. The summed E-state index contributed by atoms with van der Waals surface area (Å²) in [6.45, 7) is 3.53. The van der Waals surface area contributed by atoms with Crippen LogP contribution >= 0.6 is 0 Å². The molecule has 0 saturated heterocycles. The first-order valence-electron chi connectivity index (χ1n) is 7.17. The van der Waals surface area contributed by atoms with Gasteiger partial charge in [-0.05, 0) is 25.0 Å². The minimum atomic E-state index is 0.739. The maximum atomic E-state index is 5.72. The van der Waals surface area contributed by atoms with Crippen molar-refractivity contribution >= 4 is 5.69 Å². The van der Waals surface area contributed by atoms with Crippen molar-refractivity contribution in [2.45, 2.75) is 25.3 Å². The topological polar surface area (TPSA) is 33.7 Å². The van der Waals surface area contributed by atoms with Crippen LogP contribution < -0.4 is 19.7 Å². The van der Waals surface area contributed by atoms with Crippen LogP contribution in [0.3, 0.4) is 0 Å². The fourth-order valence-corrected chi connectivity index (χ4v) is 2.24. The van der Waals surface area contributed by atoms with Crippen LogP contribution in [0.15, 0.2) is 18.2 Å². The quantitative estimate of drug-likeness (QED) is 0.880. The van der Waals surface area contributed by atoms with Crippen molar-refractivity contribution in [3.05, 3.63) is 18.2 Å². The Morgan fingerprint density at radius 1 is 1.21 bits per heavy atom. The van der Waals surface area contributed by atoms with Crippen LogP contribution in [0.4, 0.5) is 5.69 Å². The monoisotopic (exact) mass is 262 g/mol. The summed E-state index contributed by atoms with van der Waals surface area (Å²) in [5.74, 6) is 1.74. The number of rotatable bonds is 5. The Bertz CT molecular complexity index is 432. The third kappa shape index (κ3) is 3.32. The zero-order chi connectivity index (χ0) is 13.1. The van der Waals surface area contributed by atoms with E-state index in [-0.39, 0.29) is 0 Å². The molecule has 4 nitrogen and oxygen atoms in total. The Hall–Kier alpha value is -1.42. The first-order chi connectivity index (χ1) is 9.33. The molecule has 1 saturated carbocycles. The number of anilines is 1. The predicted molar refractivity (Wildman–Crippen MR) is 76.3 cm³/mol. The van der Waals surface area contributed by atoms with E-state index in [1.54, 1.807) is 0 Å². The molecule has 1 aliphatic carbocycles. The fourth-order valence-electron chi connectivity index (χ4n) is 2.24. The van der Waals surface area contributed by atoms with Crippen molar-refractivity contribution in [2.75, 3.05) is 38.3 Å². The average molecular weight is 262 g/mol. The molecule has 1 fully saturated rings. The highest BCUT2D eigenvalue weighted by Gasteiger charge is 2.20. The highest BCUT2D eigenvalue weighted by atomic mass is 16.5. The molecule has 2 aliphatic rings. The van der Waals surface area contributed by atoms with Gasteiger partial charge >= 0.3 is 0 Å². The van der Waals surface area contributed by atoms with Crippen molar-refractivity contribution in [1.29, 1.82) is 0 Å². The van der Waals surface area contributed by atoms with Gasteiger partial charge in [0.25, 0.3) is 0 Å². The number of ether oxygens (including phenoxy) is 2. The van der Waals surface area contributed by atoms with E-state index in [0.29, 0.717) is 0 Å². The van der Waals surface area contributed by atoms with Gasteiger partial charge in [0.2, 0.25) is 0 Å². The molecule has 0 radical (unpaired) electrons. The van der Waals surface area contributed by atoms with Gasteiger partial charge in [0, 0.05) is 44.4 Å². The first kappa shape index (κ1) is 12.6. The molecule has 3 rings (SSSR count). The van der Waals surface area contributed by atoms with Crippen LogP contribution in [0.1, 0.15) is 19.3 Å². The number of nitrogens with one attached hydrogen (secondary N) is 1. The Kier molecular flexibility index (Phi) is 3.78. The van der Waals surface area contributed by atoms with Gasteiger partial charge < -0.3 is 19.7 Å². The molecule has 4 heteroatoms. The third-order valence-electron chi connectivity index (χ3n) is 3.63. The van der Waals surface area contributed by atoms with Gasteiger partial charge in [0.05, 0.1) is 13.2 Å². The third-order valence-corrected chi connectivity index (χ3v) is 3.63. The average Bonchev–Trinajstić information content (AvgIpc) is 3.24. The van der Waals surface area contributed by atoms with Crippen LogP contribution in [-0.4, -0.2) is 39.4 Å². The van der Waals surface area contributed by atoms with Crippen molar-refractivity contribution in [1.82, 2.24) is 5.32 Å². The first-order valence-corrected chi connectivity index (χ1v) is 7.17. The number of nitrogens with zero attached hydrogens (tertiary/aromatic N) is 1. The summed E-state index contributed by atoms with van der Waals surface area (Å²) in [6.07, 6.45) is 3.63. The second kappa shape index (κ2) is 5.70. The minimum absolute atomic E-state index is 0.739. The lowest BCUT2D eigenvalue weighted by atomic mass is 10.2. The molecule has 1 N–H and O–H groups in total. The highest BCUT2D eigenvalue weighted by Crippen LogP contribution is 2.33. The molecule has 0 amide bonds. The fraction of sp³-hybridized carbons (Fsp3) is 0.600. The van der Waals surface area contributed by atoms with Gasteiger partial charge in [-0.15, -0.1) is 0 Å². The summed E-state index contributed by atoms with van der Waals surface area (Å²) in [5.41, 5.74) is 1.18.